The summed E-state index contributed by atoms with van der Waals surface area (Å²) in [5.74, 6) is -0.0947. The van der Waals surface area contributed by atoms with Gasteiger partial charge in [-0.3, -0.25) is 9.48 Å². The molecule has 1 aliphatic rings. The van der Waals surface area contributed by atoms with Crippen molar-refractivity contribution in [3.05, 3.63) is 41.7 Å². The summed E-state index contributed by atoms with van der Waals surface area (Å²) in [4.78, 5) is 12.5. The lowest BCUT2D eigenvalue weighted by atomic mass is 10.2. The van der Waals surface area contributed by atoms with E-state index < -0.39 is 10.0 Å². The predicted octanol–water partition coefficient (Wildman–Crippen LogP) is 2.24. The Morgan fingerprint density at radius 1 is 1.31 bits per heavy atom. The fourth-order valence-electron chi connectivity index (χ4n) is 3.49. The number of ether oxygens (including phenoxy) is 1. The van der Waals surface area contributed by atoms with E-state index in [-0.39, 0.29) is 28.2 Å². The second kappa shape index (κ2) is 9.41. The minimum atomic E-state index is -3.77. The van der Waals surface area contributed by atoms with Crippen LogP contribution in [-0.2, 0) is 16.6 Å². The summed E-state index contributed by atoms with van der Waals surface area (Å²) in [6.07, 6.45) is 8.15. The van der Waals surface area contributed by atoms with E-state index in [1.54, 1.807) is 12.3 Å². The van der Waals surface area contributed by atoms with Crippen molar-refractivity contribution in [2.75, 3.05) is 13.7 Å². The van der Waals surface area contributed by atoms with Crippen LogP contribution in [-0.4, -0.2) is 43.8 Å². The second-order valence-corrected chi connectivity index (χ2v) is 9.04. The molecule has 0 aliphatic heterocycles. The van der Waals surface area contributed by atoms with Crippen molar-refractivity contribution < 1.29 is 17.9 Å². The van der Waals surface area contributed by atoms with Crippen LogP contribution in [0.3, 0.4) is 0 Å². The Morgan fingerprint density at radius 2 is 2.07 bits per heavy atom. The normalized spacial score (nSPS) is 14.8. The van der Waals surface area contributed by atoms with Crippen molar-refractivity contribution >= 4 is 15.9 Å². The largest absolute Gasteiger partial charge is 0.495 e. The molecule has 29 heavy (non-hydrogen) atoms. The molecule has 0 radical (unpaired) electrons. The van der Waals surface area contributed by atoms with Crippen molar-refractivity contribution in [3.63, 3.8) is 0 Å². The minimum Gasteiger partial charge on any atom is -0.495 e. The first-order valence-corrected chi connectivity index (χ1v) is 11.3. The first-order valence-electron chi connectivity index (χ1n) is 9.86. The number of aryl methyl sites for hydroxylation is 2. The zero-order chi connectivity index (χ0) is 20.9. The smallest absolute Gasteiger partial charge is 0.251 e. The van der Waals surface area contributed by atoms with Gasteiger partial charge in [0.15, 0.2) is 0 Å². The number of aromatic nitrogens is 2. The summed E-state index contributed by atoms with van der Waals surface area (Å²) in [5.41, 5.74) is 1.37. The van der Waals surface area contributed by atoms with Crippen molar-refractivity contribution in [3.8, 4) is 5.75 Å². The van der Waals surface area contributed by atoms with E-state index in [1.165, 1.54) is 19.2 Å². The summed E-state index contributed by atoms with van der Waals surface area (Å²) in [7, 11) is -2.35. The van der Waals surface area contributed by atoms with Crippen LogP contribution in [0.2, 0.25) is 0 Å². The average molecular weight is 421 g/mol. The Hall–Kier alpha value is -2.39. The van der Waals surface area contributed by atoms with E-state index >= 15 is 0 Å². The van der Waals surface area contributed by atoms with Crippen LogP contribution in [0.25, 0.3) is 0 Å². The number of methoxy groups -OCH3 is 1. The molecular formula is C20H28N4O4S. The standard InChI is InChI=1S/C20H28N4O4S/c1-15-13-22-24(14-15)11-5-10-21-20(25)16-8-9-18(28-2)19(12-16)29(26,27)23-17-6-3-4-7-17/h8-9,12-14,17,23H,3-7,10-11H2,1-2H3,(H,21,25). The first kappa shape index (κ1) is 21.3. The fraction of sp³-hybridized carbons (Fsp3) is 0.500. The molecular weight excluding hydrogens is 392 g/mol. The maximum atomic E-state index is 12.8. The topological polar surface area (TPSA) is 102 Å². The highest BCUT2D eigenvalue weighted by Gasteiger charge is 2.26. The molecule has 1 fully saturated rings. The number of nitrogens with one attached hydrogen (secondary N) is 2. The highest BCUT2D eigenvalue weighted by Crippen LogP contribution is 2.27. The van der Waals surface area contributed by atoms with E-state index in [0.717, 1.165) is 37.7 Å². The van der Waals surface area contributed by atoms with Crippen LogP contribution in [0.1, 0.15) is 48.0 Å². The number of amides is 1. The van der Waals surface area contributed by atoms with Crippen LogP contribution < -0.4 is 14.8 Å². The van der Waals surface area contributed by atoms with Crippen LogP contribution in [0.4, 0.5) is 0 Å². The molecule has 2 aromatic rings. The second-order valence-electron chi connectivity index (χ2n) is 7.36. The van der Waals surface area contributed by atoms with Gasteiger partial charge in [0.05, 0.1) is 13.3 Å². The lowest BCUT2D eigenvalue weighted by Crippen LogP contribution is -2.33. The van der Waals surface area contributed by atoms with Crippen LogP contribution in [0.15, 0.2) is 35.5 Å². The molecule has 1 amide bonds. The number of carbonyl (C=O) groups is 1. The Kier molecular flexibility index (Phi) is 6.92. The molecule has 1 aliphatic carbocycles. The Morgan fingerprint density at radius 3 is 2.72 bits per heavy atom. The molecule has 9 heteroatoms. The molecule has 0 spiro atoms. The van der Waals surface area contributed by atoms with Crippen LogP contribution >= 0.6 is 0 Å². The summed E-state index contributed by atoms with van der Waals surface area (Å²) in [5, 5.41) is 7.04. The van der Waals surface area contributed by atoms with Crippen molar-refractivity contribution in [1.82, 2.24) is 19.8 Å². The molecule has 1 saturated carbocycles. The van der Waals surface area contributed by atoms with Gasteiger partial charge in [-0.05, 0) is 49.9 Å². The number of sulfonamides is 1. The third-order valence-electron chi connectivity index (χ3n) is 5.00. The van der Waals surface area contributed by atoms with Gasteiger partial charge in [-0.2, -0.15) is 5.10 Å². The number of carbonyl (C=O) groups excluding carboxylic acids is 1. The summed E-state index contributed by atoms with van der Waals surface area (Å²) in [6.45, 7) is 3.13. The van der Waals surface area contributed by atoms with E-state index in [0.29, 0.717) is 13.1 Å². The lowest BCUT2D eigenvalue weighted by molar-refractivity contribution is 0.0952. The predicted molar refractivity (Wildman–Crippen MR) is 109 cm³/mol. The Bertz CT molecular complexity index is 949. The third-order valence-corrected chi connectivity index (χ3v) is 6.55. The van der Waals surface area contributed by atoms with Gasteiger partial charge in [-0.15, -0.1) is 0 Å². The third kappa shape index (κ3) is 5.57. The van der Waals surface area contributed by atoms with E-state index in [9.17, 15) is 13.2 Å². The number of nitrogens with zero attached hydrogens (tertiary/aromatic N) is 2. The minimum absolute atomic E-state index is 0.00781. The Balaban J connectivity index is 1.64. The molecule has 0 atom stereocenters. The first-order chi connectivity index (χ1) is 13.9. The van der Waals surface area contributed by atoms with Crippen LogP contribution in [0.5, 0.6) is 5.75 Å². The zero-order valence-electron chi connectivity index (χ0n) is 16.8. The molecule has 8 nitrogen and oxygen atoms in total. The maximum absolute atomic E-state index is 12.8. The van der Waals surface area contributed by atoms with Crippen molar-refractivity contribution in [2.45, 2.75) is 56.5 Å². The lowest BCUT2D eigenvalue weighted by Gasteiger charge is -2.15. The molecule has 0 unspecified atom stereocenters. The maximum Gasteiger partial charge on any atom is 0.251 e. The fourth-order valence-corrected chi connectivity index (χ4v) is 4.99. The van der Waals surface area contributed by atoms with Gasteiger partial charge in [-0.1, -0.05) is 12.8 Å². The monoisotopic (exact) mass is 420 g/mol. The van der Waals surface area contributed by atoms with Crippen molar-refractivity contribution in [2.24, 2.45) is 0 Å². The highest BCUT2D eigenvalue weighted by atomic mass is 32.2. The quantitative estimate of drug-likeness (QED) is 0.606. The van der Waals surface area contributed by atoms with E-state index in [1.807, 2.05) is 17.8 Å². The molecule has 1 aromatic heterocycles. The molecule has 2 N–H and O–H groups in total. The number of hydrogen-bond acceptors (Lipinski definition) is 5. The van der Waals surface area contributed by atoms with Gasteiger partial charge in [0.25, 0.3) is 5.91 Å². The van der Waals surface area contributed by atoms with Crippen molar-refractivity contribution in [1.29, 1.82) is 0 Å². The average Bonchev–Trinajstić information content (AvgIpc) is 3.35. The number of hydrogen-bond donors (Lipinski definition) is 2. The Labute approximate surface area is 171 Å². The van der Waals surface area contributed by atoms with Crippen LogP contribution in [0, 0.1) is 6.92 Å². The summed E-state index contributed by atoms with van der Waals surface area (Å²) in [6, 6.07) is 4.40. The van der Waals surface area contributed by atoms with Gasteiger partial charge in [-0.25, -0.2) is 13.1 Å². The van der Waals surface area contributed by atoms with Gasteiger partial charge in [0, 0.05) is 30.9 Å². The summed E-state index contributed by atoms with van der Waals surface area (Å²) < 4.78 is 35.4. The summed E-state index contributed by atoms with van der Waals surface area (Å²) >= 11 is 0. The van der Waals surface area contributed by atoms with Gasteiger partial charge in [0.1, 0.15) is 10.6 Å². The SMILES string of the molecule is COc1ccc(C(=O)NCCCn2cc(C)cn2)cc1S(=O)(=O)NC1CCCC1. The van der Waals surface area contributed by atoms with Gasteiger partial charge >= 0.3 is 0 Å². The molecule has 0 bridgehead atoms. The molecule has 0 saturated heterocycles. The zero-order valence-corrected chi connectivity index (χ0v) is 17.7. The van der Waals surface area contributed by atoms with Gasteiger partial charge < -0.3 is 10.1 Å². The number of rotatable bonds is 9. The molecule has 1 heterocycles. The number of benzene rings is 1. The van der Waals surface area contributed by atoms with Gasteiger partial charge in [0.2, 0.25) is 10.0 Å². The van der Waals surface area contributed by atoms with E-state index in [2.05, 4.69) is 15.1 Å². The molecule has 158 valence electrons. The van der Waals surface area contributed by atoms with E-state index in [4.69, 9.17) is 4.74 Å². The highest BCUT2D eigenvalue weighted by molar-refractivity contribution is 7.89. The molecule has 3 rings (SSSR count). The molecule has 1 aromatic carbocycles.